The molecule has 0 aliphatic carbocycles. The second kappa shape index (κ2) is 6.98. The summed E-state index contributed by atoms with van der Waals surface area (Å²) in [6, 6.07) is 3.64. The molecule has 1 unspecified atom stereocenters. The number of carboxylic acid groups (broad SMARTS) is 1. The third-order valence-electron chi connectivity index (χ3n) is 2.51. The first-order chi connectivity index (χ1) is 8.08. The van der Waals surface area contributed by atoms with Crippen LogP contribution in [0.4, 0.5) is 0 Å². The first-order valence-electron chi connectivity index (χ1n) is 5.62. The fourth-order valence-electron chi connectivity index (χ4n) is 1.65. The van der Waals surface area contributed by atoms with Gasteiger partial charge in [0.25, 0.3) is 0 Å². The lowest BCUT2D eigenvalue weighted by Crippen LogP contribution is -2.37. The van der Waals surface area contributed by atoms with E-state index >= 15 is 0 Å². The number of carbonyl (C=O) groups is 1. The molecular formula is C12H19N3O2. The predicted octanol–water partition coefficient (Wildman–Crippen LogP) is 0.358. The minimum atomic E-state index is -0.847. The molecule has 0 bridgehead atoms. The average molecular weight is 237 g/mol. The van der Waals surface area contributed by atoms with E-state index in [-0.39, 0.29) is 12.5 Å². The van der Waals surface area contributed by atoms with E-state index in [1.165, 1.54) is 5.56 Å². The lowest BCUT2D eigenvalue weighted by molar-refractivity contribution is -0.137. The molecule has 0 aliphatic heterocycles. The van der Waals surface area contributed by atoms with Crippen molar-refractivity contribution in [1.29, 1.82) is 0 Å². The van der Waals surface area contributed by atoms with Crippen molar-refractivity contribution >= 4 is 5.97 Å². The number of pyridine rings is 1. The Balaban J connectivity index is 2.25. The van der Waals surface area contributed by atoms with Gasteiger partial charge in [0.2, 0.25) is 0 Å². The summed E-state index contributed by atoms with van der Waals surface area (Å²) in [5.41, 5.74) is 6.93. The van der Waals surface area contributed by atoms with Crippen molar-refractivity contribution in [3.8, 4) is 0 Å². The topological polar surface area (TPSA) is 79.5 Å². The molecule has 0 aromatic carbocycles. The van der Waals surface area contributed by atoms with Crippen LogP contribution in [0.15, 0.2) is 24.5 Å². The van der Waals surface area contributed by atoms with Crippen LogP contribution in [0.1, 0.15) is 12.0 Å². The van der Waals surface area contributed by atoms with Crippen molar-refractivity contribution in [1.82, 2.24) is 9.88 Å². The van der Waals surface area contributed by atoms with Crippen LogP contribution in [-0.4, -0.2) is 47.1 Å². The zero-order valence-electron chi connectivity index (χ0n) is 10.0. The van der Waals surface area contributed by atoms with Crippen LogP contribution >= 0.6 is 0 Å². The van der Waals surface area contributed by atoms with Crippen LogP contribution < -0.4 is 5.73 Å². The maximum Gasteiger partial charge on any atom is 0.304 e. The van der Waals surface area contributed by atoms with E-state index in [1.54, 1.807) is 12.4 Å². The fourth-order valence-corrected chi connectivity index (χ4v) is 1.65. The van der Waals surface area contributed by atoms with E-state index in [0.717, 1.165) is 13.0 Å². The molecule has 1 heterocycles. The number of carboxylic acids is 1. The standard InChI is InChI=1S/C12H19N3O2/c1-15(9-11(13)8-12(16)17)7-4-10-2-5-14-6-3-10/h2-3,5-6,11H,4,7-9,13H2,1H3,(H,16,17). The number of likely N-dealkylation sites (N-methyl/N-ethyl adjacent to an activating group) is 1. The number of hydrogen-bond donors (Lipinski definition) is 2. The molecule has 0 aliphatic rings. The number of aromatic nitrogens is 1. The largest absolute Gasteiger partial charge is 0.481 e. The molecule has 1 aromatic rings. The van der Waals surface area contributed by atoms with Gasteiger partial charge in [0.1, 0.15) is 0 Å². The van der Waals surface area contributed by atoms with Crippen LogP contribution in [0.2, 0.25) is 0 Å². The number of hydrogen-bond acceptors (Lipinski definition) is 4. The Morgan fingerprint density at radius 2 is 2.18 bits per heavy atom. The third kappa shape index (κ3) is 5.99. The van der Waals surface area contributed by atoms with E-state index in [4.69, 9.17) is 10.8 Å². The van der Waals surface area contributed by atoms with Gasteiger partial charge in [-0.2, -0.15) is 0 Å². The summed E-state index contributed by atoms with van der Waals surface area (Å²) in [6.45, 7) is 1.45. The van der Waals surface area contributed by atoms with Crippen molar-refractivity contribution in [2.24, 2.45) is 5.73 Å². The van der Waals surface area contributed by atoms with Crippen LogP contribution in [0.3, 0.4) is 0 Å². The molecule has 0 saturated carbocycles. The van der Waals surface area contributed by atoms with Gasteiger partial charge >= 0.3 is 5.97 Å². The van der Waals surface area contributed by atoms with Crippen LogP contribution in [0, 0.1) is 0 Å². The highest BCUT2D eigenvalue weighted by molar-refractivity contribution is 5.67. The molecule has 5 heteroatoms. The summed E-state index contributed by atoms with van der Waals surface area (Å²) >= 11 is 0. The zero-order chi connectivity index (χ0) is 12.7. The summed E-state index contributed by atoms with van der Waals surface area (Å²) in [5, 5.41) is 8.60. The molecule has 5 nitrogen and oxygen atoms in total. The summed E-state index contributed by atoms with van der Waals surface area (Å²) < 4.78 is 0. The van der Waals surface area contributed by atoms with E-state index < -0.39 is 5.97 Å². The molecule has 0 spiro atoms. The van der Waals surface area contributed by atoms with E-state index in [1.807, 2.05) is 24.1 Å². The Kier molecular flexibility index (Phi) is 5.59. The minimum Gasteiger partial charge on any atom is -0.481 e. The monoisotopic (exact) mass is 237 g/mol. The van der Waals surface area contributed by atoms with Gasteiger partial charge in [0.05, 0.1) is 6.42 Å². The fraction of sp³-hybridized carbons (Fsp3) is 0.500. The van der Waals surface area contributed by atoms with Gasteiger partial charge in [-0.05, 0) is 31.2 Å². The molecule has 1 atom stereocenters. The summed E-state index contributed by atoms with van der Waals surface area (Å²) in [6.07, 6.45) is 4.47. The molecule has 94 valence electrons. The van der Waals surface area contributed by atoms with Crippen LogP contribution in [-0.2, 0) is 11.2 Å². The molecule has 0 radical (unpaired) electrons. The molecule has 0 fully saturated rings. The SMILES string of the molecule is CN(CCc1ccncc1)CC(N)CC(=O)O. The molecule has 0 amide bonds. The summed E-state index contributed by atoms with van der Waals surface area (Å²) in [4.78, 5) is 16.5. The van der Waals surface area contributed by atoms with Crippen LogP contribution in [0.5, 0.6) is 0 Å². The molecule has 0 saturated heterocycles. The van der Waals surface area contributed by atoms with Gasteiger partial charge in [-0.1, -0.05) is 0 Å². The Hall–Kier alpha value is -1.46. The molecule has 3 N–H and O–H groups in total. The Labute approximate surface area is 101 Å². The average Bonchev–Trinajstić information content (AvgIpc) is 2.26. The minimum absolute atomic E-state index is 0.0135. The Morgan fingerprint density at radius 3 is 2.76 bits per heavy atom. The predicted molar refractivity (Wildman–Crippen MR) is 65.7 cm³/mol. The highest BCUT2D eigenvalue weighted by Crippen LogP contribution is 2.00. The number of nitrogens with zero attached hydrogens (tertiary/aromatic N) is 2. The quantitative estimate of drug-likeness (QED) is 0.715. The highest BCUT2D eigenvalue weighted by atomic mass is 16.4. The summed E-state index contributed by atoms with van der Waals surface area (Å²) in [5.74, 6) is -0.847. The van der Waals surface area contributed by atoms with Gasteiger partial charge < -0.3 is 15.7 Å². The van der Waals surface area contributed by atoms with Crippen molar-refractivity contribution in [3.05, 3.63) is 30.1 Å². The maximum atomic E-state index is 10.5. The second-order valence-electron chi connectivity index (χ2n) is 4.23. The van der Waals surface area contributed by atoms with Gasteiger partial charge in [-0.15, -0.1) is 0 Å². The molecule has 1 rings (SSSR count). The lowest BCUT2D eigenvalue weighted by atomic mass is 10.1. The lowest BCUT2D eigenvalue weighted by Gasteiger charge is -2.20. The number of rotatable bonds is 7. The van der Waals surface area contributed by atoms with Crippen molar-refractivity contribution < 1.29 is 9.90 Å². The van der Waals surface area contributed by atoms with Crippen LogP contribution in [0.25, 0.3) is 0 Å². The van der Waals surface area contributed by atoms with E-state index in [0.29, 0.717) is 6.54 Å². The van der Waals surface area contributed by atoms with Crippen molar-refractivity contribution in [3.63, 3.8) is 0 Å². The Bertz CT molecular complexity index is 343. The van der Waals surface area contributed by atoms with Gasteiger partial charge in [0, 0.05) is 31.5 Å². The van der Waals surface area contributed by atoms with Crippen molar-refractivity contribution in [2.75, 3.05) is 20.1 Å². The van der Waals surface area contributed by atoms with Gasteiger partial charge in [0.15, 0.2) is 0 Å². The highest BCUT2D eigenvalue weighted by Gasteiger charge is 2.10. The van der Waals surface area contributed by atoms with Gasteiger partial charge in [-0.3, -0.25) is 9.78 Å². The first kappa shape index (κ1) is 13.6. The molecule has 17 heavy (non-hydrogen) atoms. The second-order valence-corrected chi connectivity index (χ2v) is 4.23. The van der Waals surface area contributed by atoms with E-state index in [2.05, 4.69) is 4.98 Å². The van der Waals surface area contributed by atoms with Crippen molar-refractivity contribution in [2.45, 2.75) is 18.9 Å². The zero-order valence-corrected chi connectivity index (χ0v) is 10.0. The normalized spacial score (nSPS) is 12.6. The maximum absolute atomic E-state index is 10.5. The molecule has 1 aromatic heterocycles. The Morgan fingerprint density at radius 1 is 1.53 bits per heavy atom. The third-order valence-corrected chi connectivity index (χ3v) is 2.51. The van der Waals surface area contributed by atoms with Gasteiger partial charge in [-0.25, -0.2) is 0 Å². The smallest absolute Gasteiger partial charge is 0.304 e. The molecular weight excluding hydrogens is 218 g/mol. The summed E-state index contributed by atoms with van der Waals surface area (Å²) in [7, 11) is 1.95. The number of aliphatic carboxylic acids is 1. The first-order valence-corrected chi connectivity index (χ1v) is 5.62. The van der Waals surface area contributed by atoms with E-state index in [9.17, 15) is 4.79 Å². The number of nitrogens with two attached hydrogens (primary N) is 1.